The monoisotopic (exact) mass is 342 g/mol. The zero-order valence-corrected chi connectivity index (χ0v) is 13.9. The lowest BCUT2D eigenvalue weighted by atomic mass is 10.2. The second kappa shape index (κ2) is 9.07. The van der Waals surface area contributed by atoms with Crippen molar-refractivity contribution in [1.82, 2.24) is 5.43 Å². The van der Waals surface area contributed by atoms with Gasteiger partial charge in [-0.3, -0.25) is 4.79 Å². The molecule has 0 aliphatic carbocycles. The molecule has 0 aromatic heterocycles. The van der Waals surface area contributed by atoms with Gasteiger partial charge in [0.15, 0.2) is 6.61 Å². The fourth-order valence-electron chi connectivity index (χ4n) is 1.88. The van der Waals surface area contributed by atoms with E-state index in [2.05, 4.69) is 15.3 Å². The molecule has 2 aromatic carbocycles. The first kappa shape index (κ1) is 18.0. The van der Waals surface area contributed by atoms with Gasteiger partial charge < -0.3 is 14.2 Å². The molecule has 2 rings (SSSR count). The fourth-order valence-corrected chi connectivity index (χ4v) is 1.88. The number of esters is 1. The molecule has 0 aliphatic rings. The molecule has 0 atom stereocenters. The van der Waals surface area contributed by atoms with Gasteiger partial charge in [-0.05, 0) is 35.9 Å². The molecule has 1 amide bonds. The van der Waals surface area contributed by atoms with Crippen LogP contribution in [0.3, 0.4) is 0 Å². The van der Waals surface area contributed by atoms with E-state index >= 15 is 0 Å². The van der Waals surface area contributed by atoms with Crippen molar-refractivity contribution in [3.05, 3.63) is 59.7 Å². The van der Waals surface area contributed by atoms with E-state index in [-0.39, 0.29) is 12.5 Å². The molecule has 0 saturated heterocycles. The molecule has 0 fully saturated rings. The van der Waals surface area contributed by atoms with Crippen molar-refractivity contribution >= 4 is 18.1 Å². The Bertz CT molecular complexity index is 774. The van der Waals surface area contributed by atoms with E-state index < -0.39 is 5.97 Å². The average Bonchev–Trinajstić information content (AvgIpc) is 2.66. The number of ether oxygens (including phenoxy) is 3. The number of carbonyl (C=O) groups is 2. The third-order valence-electron chi connectivity index (χ3n) is 3.15. The van der Waals surface area contributed by atoms with Gasteiger partial charge in [0.2, 0.25) is 0 Å². The second-order valence-electron chi connectivity index (χ2n) is 4.87. The molecule has 0 aliphatic heterocycles. The Morgan fingerprint density at radius 1 is 1.08 bits per heavy atom. The van der Waals surface area contributed by atoms with E-state index in [4.69, 9.17) is 9.47 Å². The van der Waals surface area contributed by atoms with Gasteiger partial charge in [0.1, 0.15) is 11.5 Å². The average molecular weight is 342 g/mol. The lowest BCUT2D eigenvalue weighted by Crippen LogP contribution is -2.17. The minimum absolute atomic E-state index is 0.177. The number of methoxy groups -OCH3 is 2. The Labute approximate surface area is 145 Å². The number of rotatable bonds is 7. The SMILES string of the molecule is COC(=O)COc1cccc(/C=N\NC(=O)c2cccc(OC)c2)c1. The predicted molar refractivity (Wildman–Crippen MR) is 92.0 cm³/mol. The van der Waals surface area contributed by atoms with E-state index in [9.17, 15) is 9.59 Å². The zero-order valence-electron chi connectivity index (χ0n) is 13.9. The Hall–Kier alpha value is -3.35. The van der Waals surface area contributed by atoms with E-state index in [0.29, 0.717) is 22.6 Å². The first-order valence-corrected chi connectivity index (χ1v) is 7.39. The van der Waals surface area contributed by atoms with Crippen LogP contribution < -0.4 is 14.9 Å². The van der Waals surface area contributed by atoms with Gasteiger partial charge in [0.05, 0.1) is 20.4 Å². The maximum Gasteiger partial charge on any atom is 0.343 e. The normalized spacial score (nSPS) is 10.3. The first-order valence-electron chi connectivity index (χ1n) is 7.39. The summed E-state index contributed by atoms with van der Waals surface area (Å²) in [5, 5.41) is 3.91. The molecule has 0 heterocycles. The van der Waals surface area contributed by atoms with Crippen molar-refractivity contribution in [2.75, 3.05) is 20.8 Å². The molecule has 0 unspecified atom stereocenters. The highest BCUT2D eigenvalue weighted by molar-refractivity contribution is 5.95. The molecule has 0 saturated carbocycles. The molecule has 1 N–H and O–H groups in total. The van der Waals surface area contributed by atoms with Crippen molar-refractivity contribution in [3.8, 4) is 11.5 Å². The van der Waals surface area contributed by atoms with Crippen LogP contribution in [0.5, 0.6) is 11.5 Å². The number of amides is 1. The summed E-state index contributed by atoms with van der Waals surface area (Å²) >= 11 is 0. The number of nitrogens with one attached hydrogen (secondary N) is 1. The maximum absolute atomic E-state index is 12.0. The molecular formula is C18H18N2O5. The molecule has 7 nitrogen and oxygen atoms in total. The summed E-state index contributed by atoms with van der Waals surface area (Å²) in [6.45, 7) is -0.177. The minimum Gasteiger partial charge on any atom is -0.497 e. The molecule has 0 bridgehead atoms. The summed E-state index contributed by atoms with van der Waals surface area (Å²) in [5.74, 6) is 0.262. The van der Waals surface area contributed by atoms with Crippen LogP contribution in [-0.4, -0.2) is 38.9 Å². The van der Waals surface area contributed by atoms with Crippen LogP contribution in [0.15, 0.2) is 53.6 Å². The predicted octanol–water partition coefficient (Wildman–Crippen LogP) is 2.01. The van der Waals surface area contributed by atoms with E-state index in [0.717, 1.165) is 0 Å². The molecular weight excluding hydrogens is 324 g/mol. The van der Waals surface area contributed by atoms with Crippen LogP contribution in [0.2, 0.25) is 0 Å². The van der Waals surface area contributed by atoms with Crippen LogP contribution in [-0.2, 0) is 9.53 Å². The summed E-state index contributed by atoms with van der Waals surface area (Å²) in [7, 11) is 2.82. The number of carbonyl (C=O) groups excluding carboxylic acids is 2. The Kier molecular flexibility index (Phi) is 6.53. The van der Waals surface area contributed by atoms with Crippen LogP contribution in [0.4, 0.5) is 0 Å². The Morgan fingerprint density at radius 2 is 1.84 bits per heavy atom. The summed E-state index contributed by atoms with van der Waals surface area (Å²) < 4.78 is 14.9. The van der Waals surface area contributed by atoms with Crippen molar-refractivity contribution in [2.45, 2.75) is 0 Å². The maximum atomic E-state index is 12.0. The quantitative estimate of drug-likeness (QED) is 0.472. The highest BCUT2D eigenvalue weighted by Crippen LogP contribution is 2.13. The van der Waals surface area contributed by atoms with Crippen LogP contribution in [0, 0.1) is 0 Å². The Morgan fingerprint density at radius 3 is 2.60 bits per heavy atom. The van der Waals surface area contributed by atoms with E-state index in [1.807, 2.05) is 0 Å². The van der Waals surface area contributed by atoms with E-state index in [1.54, 1.807) is 48.5 Å². The van der Waals surface area contributed by atoms with Crippen molar-refractivity contribution in [3.63, 3.8) is 0 Å². The molecule has 25 heavy (non-hydrogen) atoms. The van der Waals surface area contributed by atoms with Gasteiger partial charge in [-0.25, -0.2) is 10.2 Å². The highest BCUT2D eigenvalue weighted by atomic mass is 16.6. The van der Waals surface area contributed by atoms with Crippen LogP contribution >= 0.6 is 0 Å². The third kappa shape index (κ3) is 5.65. The minimum atomic E-state index is -0.468. The smallest absolute Gasteiger partial charge is 0.343 e. The first-order chi connectivity index (χ1) is 12.1. The van der Waals surface area contributed by atoms with Gasteiger partial charge in [-0.15, -0.1) is 0 Å². The number of benzene rings is 2. The van der Waals surface area contributed by atoms with Crippen LogP contribution in [0.1, 0.15) is 15.9 Å². The lowest BCUT2D eigenvalue weighted by molar-refractivity contribution is -0.142. The standard InChI is InChI=1S/C18H18N2O5/c1-23-15-7-4-6-14(10-15)18(22)20-19-11-13-5-3-8-16(9-13)25-12-17(21)24-2/h3-11H,12H2,1-2H3,(H,20,22)/b19-11-. The highest BCUT2D eigenvalue weighted by Gasteiger charge is 2.05. The summed E-state index contributed by atoms with van der Waals surface area (Å²) in [6.07, 6.45) is 1.48. The summed E-state index contributed by atoms with van der Waals surface area (Å²) in [5.41, 5.74) is 3.58. The fraction of sp³-hybridized carbons (Fsp3) is 0.167. The number of hydrogen-bond donors (Lipinski definition) is 1. The third-order valence-corrected chi connectivity index (χ3v) is 3.15. The van der Waals surface area contributed by atoms with Gasteiger partial charge in [0, 0.05) is 5.56 Å². The zero-order chi connectivity index (χ0) is 18.1. The van der Waals surface area contributed by atoms with Crippen molar-refractivity contribution < 1.29 is 23.8 Å². The molecule has 0 radical (unpaired) electrons. The van der Waals surface area contributed by atoms with Crippen molar-refractivity contribution in [1.29, 1.82) is 0 Å². The molecule has 0 spiro atoms. The van der Waals surface area contributed by atoms with Gasteiger partial charge in [0.25, 0.3) is 5.91 Å². The number of hydrogen-bond acceptors (Lipinski definition) is 6. The molecule has 130 valence electrons. The number of nitrogens with zero attached hydrogens (tertiary/aromatic N) is 1. The summed E-state index contributed by atoms with van der Waals surface area (Å²) in [4.78, 5) is 23.1. The van der Waals surface area contributed by atoms with Crippen molar-refractivity contribution in [2.24, 2.45) is 5.10 Å². The topological polar surface area (TPSA) is 86.2 Å². The second-order valence-corrected chi connectivity index (χ2v) is 4.87. The molecule has 7 heteroatoms. The van der Waals surface area contributed by atoms with Gasteiger partial charge >= 0.3 is 5.97 Å². The van der Waals surface area contributed by atoms with Gasteiger partial charge in [-0.1, -0.05) is 18.2 Å². The van der Waals surface area contributed by atoms with E-state index in [1.165, 1.54) is 20.4 Å². The summed E-state index contributed by atoms with van der Waals surface area (Å²) in [6, 6.07) is 13.7. The number of hydrazone groups is 1. The van der Waals surface area contributed by atoms with Crippen LogP contribution in [0.25, 0.3) is 0 Å². The Balaban J connectivity index is 1.94. The largest absolute Gasteiger partial charge is 0.497 e. The van der Waals surface area contributed by atoms with Gasteiger partial charge in [-0.2, -0.15) is 5.10 Å². The lowest BCUT2D eigenvalue weighted by Gasteiger charge is -2.05. The molecule has 2 aromatic rings.